The first-order valence-electron chi connectivity index (χ1n) is 8.87. The van der Waals surface area contributed by atoms with Crippen LogP contribution in [0.15, 0.2) is 36.4 Å². The van der Waals surface area contributed by atoms with Crippen LogP contribution in [0.5, 0.6) is 5.75 Å². The van der Waals surface area contributed by atoms with Crippen molar-refractivity contribution in [1.82, 2.24) is 5.32 Å². The molecule has 1 unspecified atom stereocenters. The fourth-order valence-electron chi connectivity index (χ4n) is 3.66. The molecule has 26 heavy (non-hydrogen) atoms. The van der Waals surface area contributed by atoms with Crippen molar-refractivity contribution >= 4 is 6.09 Å². The lowest BCUT2D eigenvalue weighted by Crippen LogP contribution is -2.40. The summed E-state index contributed by atoms with van der Waals surface area (Å²) in [5.41, 5.74) is 3.65. The second-order valence-corrected chi connectivity index (χ2v) is 7.36. The summed E-state index contributed by atoms with van der Waals surface area (Å²) < 4.78 is 19.4. The summed E-state index contributed by atoms with van der Waals surface area (Å²) in [6.07, 6.45) is 0.730. The summed E-state index contributed by atoms with van der Waals surface area (Å²) >= 11 is 0. The van der Waals surface area contributed by atoms with Gasteiger partial charge in [-0.25, -0.2) is 9.18 Å². The molecule has 1 atom stereocenters. The van der Waals surface area contributed by atoms with E-state index in [1.165, 1.54) is 6.07 Å². The molecule has 5 heteroatoms. The third-order valence-corrected chi connectivity index (χ3v) is 5.11. The Labute approximate surface area is 153 Å². The minimum Gasteiger partial charge on any atom is -0.491 e. The summed E-state index contributed by atoms with van der Waals surface area (Å²) in [5.74, 6) is -0.129. The highest BCUT2D eigenvalue weighted by atomic mass is 19.1. The highest BCUT2D eigenvalue weighted by Crippen LogP contribution is 2.44. The number of hydrogen-bond donors (Lipinski definition) is 2. The smallest absolute Gasteiger partial charge is 0.405 e. The van der Waals surface area contributed by atoms with Gasteiger partial charge in [0.2, 0.25) is 0 Å². The van der Waals surface area contributed by atoms with Crippen molar-refractivity contribution in [2.45, 2.75) is 39.7 Å². The van der Waals surface area contributed by atoms with Crippen molar-refractivity contribution < 1.29 is 19.0 Å². The molecule has 0 spiro atoms. The molecule has 4 nitrogen and oxygen atoms in total. The molecule has 3 rings (SSSR count). The fraction of sp³-hybridized carbons (Fsp3) is 0.381. The van der Waals surface area contributed by atoms with Gasteiger partial charge in [-0.2, -0.15) is 0 Å². The van der Waals surface area contributed by atoms with Crippen molar-refractivity contribution in [3.8, 4) is 16.9 Å². The zero-order valence-corrected chi connectivity index (χ0v) is 15.3. The predicted octanol–water partition coefficient (Wildman–Crippen LogP) is 5.17. The van der Waals surface area contributed by atoms with Crippen LogP contribution < -0.4 is 10.1 Å². The standard InChI is InChI=1S/C21H24FNO3/c1-4-26-18-8-6-14(12-17(18)22)13-5-7-16-15(11-13)9-10-21(2,3)19(16)23-20(24)25/h5-8,11-12,19,23H,4,9-10H2,1-3H3,(H,24,25). The van der Waals surface area contributed by atoms with E-state index in [9.17, 15) is 14.3 Å². The maximum absolute atomic E-state index is 14.2. The second kappa shape index (κ2) is 6.98. The van der Waals surface area contributed by atoms with E-state index < -0.39 is 6.09 Å². The normalized spacial score (nSPS) is 18.1. The molecule has 1 amide bonds. The van der Waals surface area contributed by atoms with Gasteiger partial charge in [0.15, 0.2) is 11.6 Å². The lowest BCUT2D eigenvalue weighted by molar-refractivity contribution is 0.161. The van der Waals surface area contributed by atoms with E-state index in [4.69, 9.17) is 4.74 Å². The van der Waals surface area contributed by atoms with Crippen LogP contribution in [0.25, 0.3) is 11.1 Å². The number of nitrogens with one attached hydrogen (secondary N) is 1. The molecule has 1 aliphatic carbocycles. The van der Waals surface area contributed by atoms with Gasteiger partial charge in [-0.15, -0.1) is 0 Å². The Bertz CT molecular complexity index is 832. The summed E-state index contributed by atoms with van der Waals surface area (Å²) in [7, 11) is 0. The number of benzene rings is 2. The SMILES string of the molecule is CCOc1ccc(-c2ccc3c(c2)CCC(C)(C)C3NC(=O)O)cc1F. The molecule has 2 aromatic rings. The molecular weight excluding hydrogens is 333 g/mol. The minimum absolute atomic E-state index is 0.155. The van der Waals surface area contributed by atoms with Crippen molar-refractivity contribution in [2.24, 2.45) is 5.41 Å². The topological polar surface area (TPSA) is 58.6 Å². The molecule has 138 valence electrons. The number of hydrogen-bond acceptors (Lipinski definition) is 2. The summed E-state index contributed by atoms with van der Waals surface area (Å²) in [6.45, 7) is 6.39. The van der Waals surface area contributed by atoms with Gasteiger partial charge in [0.05, 0.1) is 12.6 Å². The Balaban J connectivity index is 1.96. The third-order valence-electron chi connectivity index (χ3n) is 5.11. The highest BCUT2D eigenvalue weighted by Gasteiger charge is 2.37. The first-order chi connectivity index (χ1) is 12.3. The van der Waals surface area contributed by atoms with E-state index in [1.807, 2.05) is 31.2 Å². The molecule has 2 N–H and O–H groups in total. The Hall–Kier alpha value is -2.56. The fourth-order valence-corrected chi connectivity index (χ4v) is 3.66. The van der Waals surface area contributed by atoms with Crippen LogP contribution in [0.2, 0.25) is 0 Å². The van der Waals surface area contributed by atoms with Crippen LogP contribution in [-0.2, 0) is 6.42 Å². The second-order valence-electron chi connectivity index (χ2n) is 7.36. The van der Waals surface area contributed by atoms with Crippen molar-refractivity contribution in [2.75, 3.05) is 6.61 Å². The van der Waals surface area contributed by atoms with Gasteiger partial charge in [0.1, 0.15) is 0 Å². The summed E-state index contributed by atoms with van der Waals surface area (Å²) in [5, 5.41) is 11.8. The van der Waals surface area contributed by atoms with Crippen LogP contribution >= 0.6 is 0 Å². The van der Waals surface area contributed by atoms with Crippen molar-refractivity contribution in [3.63, 3.8) is 0 Å². The molecule has 1 aliphatic rings. The van der Waals surface area contributed by atoms with Gasteiger partial charge >= 0.3 is 6.09 Å². The largest absolute Gasteiger partial charge is 0.491 e. The summed E-state index contributed by atoms with van der Waals surface area (Å²) in [4.78, 5) is 11.2. The first-order valence-corrected chi connectivity index (χ1v) is 8.87. The van der Waals surface area contributed by atoms with Gasteiger partial charge < -0.3 is 15.2 Å². The van der Waals surface area contributed by atoms with E-state index in [0.717, 1.165) is 35.1 Å². The molecule has 0 radical (unpaired) electrons. The monoisotopic (exact) mass is 357 g/mol. The van der Waals surface area contributed by atoms with Crippen molar-refractivity contribution in [1.29, 1.82) is 0 Å². The predicted molar refractivity (Wildman–Crippen MR) is 99.0 cm³/mol. The molecule has 2 aromatic carbocycles. The Kier molecular flexibility index (Phi) is 4.90. The lowest BCUT2D eigenvalue weighted by Gasteiger charge is -2.40. The Morgan fingerprint density at radius 2 is 1.96 bits per heavy atom. The van der Waals surface area contributed by atoms with Gasteiger partial charge in [-0.3, -0.25) is 0 Å². The van der Waals surface area contributed by atoms with E-state index in [0.29, 0.717) is 6.61 Å². The quantitative estimate of drug-likeness (QED) is 0.793. The number of carboxylic acid groups (broad SMARTS) is 1. The number of aryl methyl sites for hydroxylation is 1. The number of rotatable bonds is 4. The Morgan fingerprint density at radius 1 is 1.27 bits per heavy atom. The zero-order valence-electron chi connectivity index (χ0n) is 15.3. The molecule has 0 aromatic heterocycles. The van der Waals surface area contributed by atoms with Gasteiger partial charge in [-0.05, 0) is 59.6 Å². The molecule has 0 fully saturated rings. The van der Waals surface area contributed by atoms with E-state index in [1.54, 1.807) is 6.07 Å². The van der Waals surface area contributed by atoms with Gasteiger partial charge in [0.25, 0.3) is 0 Å². The molecule has 0 bridgehead atoms. The molecule has 0 saturated heterocycles. The Morgan fingerprint density at radius 3 is 2.62 bits per heavy atom. The van der Waals surface area contributed by atoms with E-state index in [2.05, 4.69) is 19.2 Å². The zero-order chi connectivity index (χ0) is 18.9. The van der Waals surface area contributed by atoms with Crippen LogP contribution in [0.4, 0.5) is 9.18 Å². The average Bonchev–Trinajstić information content (AvgIpc) is 2.59. The van der Waals surface area contributed by atoms with Crippen molar-refractivity contribution in [3.05, 3.63) is 53.3 Å². The first kappa shape index (κ1) is 18.2. The number of ether oxygens (including phenoxy) is 1. The number of amides is 1. The van der Waals surface area contributed by atoms with Crippen LogP contribution in [0.1, 0.15) is 44.4 Å². The average molecular weight is 357 g/mol. The van der Waals surface area contributed by atoms with Crippen LogP contribution in [-0.4, -0.2) is 17.8 Å². The number of carbonyl (C=O) groups is 1. The van der Waals surface area contributed by atoms with E-state index >= 15 is 0 Å². The van der Waals surface area contributed by atoms with Crippen LogP contribution in [0.3, 0.4) is 0 Å². The van der Waals surface area contributed by atoms with Crippen LogP contribution in [0, 0.1) is 11.2 Å². The maximum Gasteiger partial charge on any atom is 0.405 e. The van der Waals surface area contributed by atoms with Gasteiger partial charge in [-0.1, -0.05) is 38.1 Å². The minimum atomic E-state index is -1.02. The molecule has 0 heterocycles. The molecule has 0 aliphatic heterocycles. The number of halogens is 1. The third kappa shape index (κ3) is 3.52. The highest BCUT2D eigenvalue weighted by molar-refractivity contribution is 5.68. The summed E-state index contributed by atoms with van der Waals surface area (Å²) in [6, 6.07) is 10.6. The molecule has 0 saturated carbocycles. The lowest BCUT2D eigenvalue weighted by atomic mass is 9.70. The number of fused-ring (bicyclic) bond motifs is 1. The molecular formula is C21H24FNO3. The maximum atomic E-state index is 14.2. The van der Waals surface area contributed by atoms with Gasteiger partial charge in [0, 0.05) is 0 Å². The van der Waals surface area contributed by atoms with E-state index in [-0.39, 0.29) is 23.0 Å².